The Balaban J connectivity index is 0.873. The molecule has 7 rings (SSSR count). The maximum Gasteiger partial charge on any atom is 0.331 e. The largest absolute Gasteiger partial charge is 0.506 e. The van der Waals surface area contributed by atoms with Gasteiger partial charge in [0.05, 0.1) is 16.5 Å². The third-order valence-electron chi connectivity index (χ3n) is 10.7. The summed E-state index contributed by atoms with van der Waals surface area (Å²) in [6.07, 6.45) is 3.79. The number of pyridine rings is 1. The lowest BCUT2D eigenvalue weighted by atomic mass is 9.91. The van der Waals surface area contributed by atoms with E-state index in [0.717, 1.165) is 61.2 Å². The number of aromatic hydroxyl groups is 1. The number of nitrogens with one attached hydrogen (secondary N) is 4. The predicted octanol–water partition coefficient (Wildman–Crippen LogP) is 5.27. The van der Waals surface area contributed by atoms with Gasteiger partial charge in [-0.15, -0.1) is 11.3 Å². The van der Waals surface area contributed by atoms with Crippen molar-refractivity contribution in [1.29, 1.82) is 0 Å². The van der Waals surface area contributed by atoms with Gasteiger partial charge in [0.25, 0.3) is 5.91 Å². The number of benzene rings is 3. The summed E-state index contributed by atoms with van der Waals surface area (Å²) < 4.78 is 6.33. The summed E-state index contributed by atoms with van der Waals surface area (Å²) in [6, 6.07) is 28.4. The summed E-state index contributed by atoms with van der Waals surface area (Å²) in [5.41, 5.74) is 3.03. The molecule has 2 aliphatic rings. The fraction of sp³-hybridized carbons (Fsp3) is 0.372. The number of rotatable bonds is 16. The van der Waals surface area contributed by atoms with E-state index in [1.165, 1.54) is 29.0 Å². The first-order valence-electron chi connectivity index (χ1n) is 19.2. The average molecular weight is 764 g/mol. The van der Waals surface area contributed by atoms with Crippen molar-refractivity contribution < 1.29 is 24.5 Å². The lowest BCUT2D eigenvalue weighted by molar-refractivity contribution is -0.160. The van der Waals surface area contributed by atoms with E-state index < -0.39 is 11.6 Å². The van der Waals surface area contributed by atoms with Crippen LogP contribution in [-0.2, 0) is 34.6 Å². The summed E-state index contributed by atoms with van der Waals surface area (Å²) in [5.74, 6) is -0.403. The van der Waals surface area contributed by atoms with Gasteiger partial charge in [0.2, 0.25) is 5.56 Å². The van der Waals surface area contributed by atoms with Crippen molar-refractivity contribution in [1.82, 2.24) is 25.8 Å². The lowest BCUT2D eigenvalue weighted by Crippen LogP contribution is -2.51. The number of hydrogen-bond acceptors (Lipinski definition) is 10. The molecule has 0 bridgehead atoms. The molecule has 1 fully saturated rings. The average Bonchev–Trinajstić information content (AvgIpc) is 3.83. The van der Waals surface area contributed by atoms with Crippen LogP contribution in [0.3, 0.4) is 0 Å². The minimum absolute atomic E-state index is 0.0450. The molecule has 0 saturated carbocycles. The number of nitrogens with zero attached hydrogens (tertiary/aromatic N) is 1. The van der Waals surface area contributed by atoms with Gasteiger partial charge in [0, 0.05) is 49.1 Å². The summed E-state index contributed by atoms with van der Waals surface area (Å²) in [4.78, 5) is 45.4. The Morgan fingerprint density at radius 2 is 1.80 bits per heavy atom. The number of piperidine rings is 1. The second-order valence-electron chi connectivity index (χ2n) is 14.5. The van der Waals surface area contributed by atoms with Crippen molar-refractivity contribution in [2.45, 2.75) is 69.4 Å². The number of phenolic OH excluding ortho intramolecular Hbond substituents is 1. The summed E-state index contributed by atoms with van der Waals surface area (Å²) in [5, 5.41) is 31.3. The van der Waals surface area contributed by atoms with Crippen LogP contribution in [0.2, 0.25) is 0 Å². The highest BCUT2D eigenvalue weighted by Crippen LogP contribution is 2.39. The Labute approximate surface area is 324 Å². The van der Waals surface area contributed by atoms with Crippen LogP contribution >= 0.6 is 11.3 Å². The van der Waals surface area contributed by atoms with Crippen LogP contribution in [0.1, 0.15) is 75.0 Å². The number of aromatic amines is 1. The van der Waals surface area contributed by atoms with E-state index >= 15 is 0 Å². The van der Waals surface area contributed by atoms with Gasteiger partial charge in [-0.05, 0) is 98.1 Å². The quantitative estimate of drug-likeness (QED) is 0.0583. The number of hydrogen-bond donors (Lipinski definition) is 6. The van der Waals surface area contributed by atoms with Gasteiger partial charge in [-0.2, -0.15) is 0 Å². The molecule has 1 amide bonds. The Bertz CT molecular complexity index is 2150. The van der Waals surface area contributed by atoms with E-state index in [4.69, 9.17) is 4.74 Å². The van der Waals surface area contributed by atoms with Gasteiger partial charge >= 0.3 is 5.97 Å². The minimum atomic E-state index is -0.951. The first-order valence-corrected chi connectivity index (χ1v) is 20.0. The van der Waals surface area contributed by atoms with Crippen LogP contribution in [0.5, 0.6) is 5.75 Å². The molecule has 1 aliphatic carbocycles. The van der Waals surface area contributed by atoms with E-state index in [2.05, 4.69) is 56.2 Å². The topological polar surface area (TPSA) is 156 Å². The number of H-pyrrole nitrogens is 1. The Hall–Kier alpha value is -4.85. The summed E-state index contributed by atoms with van der Waals surface area (Å²) >= 11 is 1.42. The highest BCUT2D eigenvalue weighted by atomic mass is 32.1. The van der Waals surface area contributed by atoms with E-state index in [1.807, 2.05) is 36.4 Å². The third-order valence-corrected chi connectivity index (χ3v) is 11.8. The molecule has 1 saturated heterocycles. The molecule has 0 spiro atoms. The number of fused-ring (bicyclic) bond motifs is 2. The maximum absolute atomic E-state index is 14.2. The molecule has 2 aromatic heterocycles. The van der Waals surface area contributed by atoms with E-state index in [1.54, 1.807) is 12.1 Å². The van der Waals surface area contributed by atoms with Crippen molar-refractivity contribution in [3.05, 3.63) is 133 Å². The highest BCUT2D eigenvalue weighted by molar-refractivity contribution is 7.14. The zero-order valence-electron chi connectivity index (χ0n) is 30.9. The second kappa shape index (κ2) is 17.7. The molecule has 288 valence electrons. The molecule has 1 unspecified atom stereocenters. The van der Waals surface area contributed by atoms with Crippen LogP contribution in [-0.4, -0.2) is 70.8 Å². The Morgan fingerprint density at radius 1 is 0.982 bits per heavy atom. The van der Waals surface area contributed by atoms with Crippen molar-refractivity contribution in [3.63, 3.8) is 0 Å². The molecule has 11 nitrogen and oxygen atoms in total. The molecule has 12 heteroatoms. The van der Waals surface area contributed by atoms with Crippen LogP contribution in [0.15, 0.2) is 95.8 Å². The van der Waals surface area contributed by atoms with E-state index in [0.29, 0.717) is 60.5 Å². The fourth-order valence-corrected chi connectivity index (χ4v) is 8.68. The first kappa shape index (κ1) is 38.4. The third kappa shape index (κ3) is 9.17. The number of esters is 1. The summed E-state index contributed by atoms with van der Waals surface area (Å²) in [7, 11) is 0. The molecule has 3 heterocycles. The lowest BCUT2D eigenvalue weighted by Gasteiger charge is -2.36. The molecule has 5 aromatic rings. The molecule has 6 N–H and O–H groups in total. The predicted molar refractivity (Wildman–Crippen MR) is 214 cm³/mol. The number of aliphatic hydroxyl groups is 1. The van der Waals surface area contributed by atoms with Gasteiger partial charge < -0.3 is 30.6 Å². The van der Waals surface area contributed by atoms with Crippen molar-refractivity contribution in [3.8, 4) is 5.75 Å². The Kier molecular flexibility index (Phi) is 12.4. The zero-order chi connectivity index (χ0) is 38.2. The number of carbonyl (C=O) groups is 2. The van der Waals surface area contributed by atoms with Crippen LogP contribution in [0.25, 0.3) is 10.9 Å². The molecule has 1 aliphatic heterocycles. The monoisotopic (exact) mass is 763 g/mol. The van der Waals surface area contributed by atoms with Gasteiger partial charge in [0.1, 0.15) is 17.4 Å². The van der Waals surface area contributed by atoms with Crippen LogP contribution in [0.4, 0.5) is 0 Å². The van der Waals surface area contributed by atoms with Crippen LogP contribution < -0.4 is 21.5 Å². The molecule has 0 radical (unpaired) electrons. The van der Waals surface area contributed by atoms with Gasteiger partial charge in [0.15, 0.2) is 0 Å². The highest BCUT2D eigenvalue weighted by Gasteiger charge is 2.47. The molecule has 55 heavy (non-hydrogen) atoms. The standard InChI is InChI=1S/C43H49N5O6S/c49-36-17-15-33(34-16-19-39(51)47-40(34)36)37(50)26-44-22-6-7-23-45-41(52)38-18-14-32(55-38)25-46-43(21-20-30-11-4-5-13-35(30)43)42(53)54-31-12-8-24-48(28-31)27-29-9-2-1-3-10-29/h1-5,9-11,13-19,31,37,44,46,49-50H,6-8,12,20-28H2,(H,45,52)(H,47,51)/t31-,37+,43?/m1/s1. The van der Waals surface area contributed by atoms with Crippen molar-refractivity contribution in [2.75, 3.05) is 32.7 Å². The number of aromatic nitrogens is 1. The molecule has 3 atom stereocenters. The van der Waals surface area contributed by atoms with Crippen molar-refractivity contribution in [2.24, 2.45) is 0 Å². The number of unbranched alkanes of at least 4 members (excludes halogenated alkanes) is 1. The first-order chi connectivity index (χ1) is 26.8. The number of carbonyl (C=O) groups excluding carboxylic acids is 2. The smallest absolute Gasteiger partial charge is 0.331 e. The fourth-order valence-electron chi connectivity index (χ4n) is 7.82. The maximum atomic E-state index is 14.2. The molecular formula is C43H49N5O6S. The number of ether oxygens (including phenoxy) is 1. The van der Waals surface area contributed by atoms with E-state index in [9.17, 15) is 24.6 Å². The van der Waals surface area contributed by atoms with Crippen LogP contribution in [0, 0.1) is 0 Å². The number of phenols is 1. The van der Waals surface area contributed by atoms with E-state index in [-0.39, 0.29) is 29.3 Å². The SMILES string of the molecule is O=C(NCCCCNC[C@H](O)c1ccc(O)c2[nH]c(=O)ccc12)c1ccc(CNC2(C(=O)O[C@@H]3CCCN(Cc4ccccc4)C3)CCc3ccccc32)s1. The number of amides is 1. The Morgan fingerprint density at radius 3 is 2.67 bits per heavy atom. The van der Waals surface area contributed by atoms with Gasteiger partial charge in [-0.1, -0.05) is 60.7 Å². The number of thiophene rings is 1. The van der Waals surface area contributed by atoms with Gasteiger partial charge in [-0.3, -0.25) is 19.8 Å². The molecular weight excluding hydrogens is 715 g/mol. The number of likely N-dealkylation sites (tertiary alicyclic amines) is 1. The number of aliphatic hydroxyl groups excluding tert-OH is 1. The van der Waals surface area contributed by atoms with Crippen molar-refractivity contribution >= 4 is 34.1 Å². The van der Waals surface area contributed by atoms with Gasteiger partial charge in [-0.25, -0.2) is 4.79 Å². The minimum Gasteiger partial charge on any atom is -0.506 e. The normalized spacial score (nSPS) is 18.9. The summed E-state index contributed by atoms with van der Waals surface area (Å²) in [6.45, 7) is 4.43. The second-order valence-corrected chi connectivity index (χ2v) is 15.7. The number of aryl methyl sites for hydroxylation is 1. The zero-order valence-corrected chi connectivity index (χ0v) is 31.7. The molecule has 3 aromatic carbocycles.